The van der Waals surface area contributed by atoms with Gasteiger partial charge in [-0.2, -0.15) is 4.99 Å². The summed E-state index contributed by atoms with van der Waals surface area (Å²) in [5.41, 5.74) is 1.35. The number of rotatable bonds is 1. The molecule has 1 heterocycles. The maximum absolute atomic E-state index is 13.1. The van der Waals surface area contributed by atoms with Crippen LogP contribution in [0.1, 0.15) is 49.1 Å². The van der Waals surface area contributed by atoms with E-state index in [0.29, 0.717) is 25.7 Å². The highest BCUT2D eigenvalue weighted by molar-refractivity contribution is 7.09. The molecule has 3 rings (SSSR count). The highest BCUT2D eigenvalue weighted by Crippen LogP contribution is 2.27. The average Bonchev–Trinajstić information content (AvgIpc) is 2.77. The van der Waals surface area contributed by atoms with Crippen molar-refractivity contribution in [1.29, 1.82) is 0 Å². The van der Waals surface area contributed by atoms with E-state index in [2.05, 4.69) is 9.56 Å². The van der Waals surface area contributed by atoms with Crippen LogP contribution in [0.25, 0.3) is 0 Å². The van der Waals surface area contributed by atoms with Crippen molar-refractivity contribution in [3.63, 3.8) is 0 Å². The van der Waals surface area contributed by atoms with Crippen molar-refractivity contribution in [3.8, 4) is 0 Å². The number of amides is 1. The third kappa shape index (κ3) is 2.73. The second kappa shape index (κ2) is 5.80. The monoisotopic (exact) mass is 296 g/mol. The van der Waals surface area contributed by atoms with E-state index in [0.717, 1.165) is 17.6 Å². The minimum atomic E-state index is -0.718. The smallest absolute Gasteiger partial charge is 0.251 e. The van der Waals surface area contributed by atoms with Crippen molar-refractivity contribution >= 4 is 17.2 Å². The molecule has 1 amide bonds. The first kappa shape index (κ1) is 14.0. The van der Waals surface area contributed by atoms with E-state index >= 15 is 0 Å². The van der Waals surface area contributed by atoms with E-state index in [9.17, 15) is 9.18 Å². The number of carbonyl (C=O) groups excluding carboxylic acids is 1. The maximum atomic E-state index is 13.1. The van der Waals surface area contributed by atoms with Crippen molar-refractivity contribution in [2.24, 2.45) is 18.0 Å². The predicted molar refractivity (Wildman–Crippen MR) is 77.4 cm³/mol. The van der Waals surface area contributed by atoms with Gasteiger partial charge in [-0.1, -0.05) is 0 Å². The lowest BCUT2D eigenvalue weighted by molar-refractivity contribution is -0.123. The van der Waals surface area contributed by atoms with Crippen LogP contribution in [0.2, 0.25) is 0 Å². The Kier molecular flexibility index (Phi) is 4.06. The molecule has 0 aliphatic heterocycles. The average molecular weight is 296 g/mol. The molecule has 0 aromatic carbocycles. The molecule has 0 atom stereocenters. The van der Waals surface area contributed by atoms with Gasteiger partial charge in [0.2, 0.25) is 0 Å². The van der Waals surface area contributed by atoms with Gasteiger partial charge >= 0.3 is 0 Å². The summed E-state index contributed by atoms with van der Waals surface area (Å²) in [7, 11) is 2.01. The summed E-state index contributed by atoms with van der Waals surface area (Å²) in [5.74, 6) is -0.118. The summed E-state index contributed by atoms with van der Waals surface area (Å²) in [5, 5.41) is 0. The molecule has 0 bridgehead atoms. The second-order valence-electron chi connectivity index (χ2n) is 5.92. The summed E-state index contributed by atoms with van der Waals surface area (Å²) < 4.78 is 15.2. The first-order chi connectivity index (χ1) is 9.65. The molecule has 2 aliphatic carbocycles. The molecule has 20 heavy (non-hydrogen) atoms. The number of hydrogen-bond donors (Lipinski definition) is 0. The number of aryl methyl sites for hydroxylation is 1. The van der Waals surface area contributed by atoms with Crippen molar-refractivity contribution in [2.45, 2.75) is 57.5 Å². The quantitative estimate of drug-likeness (QED) is 0.784. The molecule has 0 spiro atoms. The van der Waals surface area contributed by atoms with Gasteiger partial charge in [0.25, 0.3) is 5.91 Å². The van der Waals surface area contributed by atoms with Gasteiger partial charge in [0, 0.05) is 23.5 Å². The summed E-state index contributed by atoms with van der Waals surface area (Å²) in [6.07, 6.45) is 6.29. The molecule has 1 aromatic rings. The first-order valence-electron chi connectivity index (χ1n) is 7.55. The molecule has 5 heteroatoms. The fourth-order valence-corrected chi connectivity index (χ4v) is 4.41. The minimum absolute atomic E-state index is 0.0499. The largest absolute Gasteiger partial charge is 0.323 e. The fraction of sp³-hybridized carbons (Fsp3) is 0.733. The van der Waals surface area contributed by atoms with Gasteiger partial charge in [0.05, 0.1) is 0 Å². The number of fused-ring (bicyclic) bond motifs is 1. The SMILES string of the molecule is Cn1c2c(sc1=NC(=O)C1CCC(F)CC1)CCCC2. The number of alkyl halides is 1. The second-order valence-corrected chi connectivity index (χ2v) is 6.98. The molecule has 3 nitrogen and oxygen atoms in total. The Morgan fingerprint density at radius 1 is 1.25 bits per heavy atom. The zero-order chi connectivity index (χ0) is 14.1. The van der Waals surface area contributed by atoms with Gasteiger partial charge in [-0.05, 0) is 51.4 Å². The highest BCUT2D eigenvalue weighted by Gasteiger charge is 2.26. The fourth-order valence-electron chi connectivity index (χ4n) is 3.20. The molecule has 2 aliphatic rings. The topological polar surface area (TPSA) is 34.4 Å². The lowest BCUT2D eigenvalue weighted by Crippen LogP contribution is -2.24. The van der Waals surface area contributed by atoms with Gasteiger partial charge in [0.15, 0.2) is 4.80 Å². The number of nitrogens with zero attached hydrogens (tertiary/aromatic N) is 2. The lowest BCUT2D eigenvalue weighted by Gasteiger charge is -2.20. The minimum Gasteiger partial charge on any atom is -0.323 e. The highest BCUT2D eigenvalue weighted by atomic mass is 32.1. The molecule has 1 aromatic heterocycles. The third-order valence-corrected chi connectivity index (χ3v) is 5.74. The van der Waals surface area contributed by atoms with Crippen LogP contribution in [0.3, 0.4) is 0 Å². The zero-order valence-corrected chi connectivity index (χ0v) is 12.7. The number of hydrogen-bond acceptors (Lipinski definition) is 2. The summed E-state index contributed by atoms with van der Waals surface area (Å²) >= 11 is 1.66. The molecule has 0 N–H and O–H groups in total. The van der Waals surface area contributed by atoms with Gasteiger partial charge in [-0.3, -0.25) is 4.79 Å². The van der Waals surface area contributed by atoms with E-state index in [1.165, 1.54) is 23.4 Å². The first-order valence-corrected chi connectivity index (χ1v) is 8.37. The standard InChI is InChI=1S/C15H21FN2OS/c1-18-12-4-2-3-5-13(12)20-15(18)17-14(19)10-6-8-11(16)9-7-10/h10-11H,2-9H2,1H3. The van der Waals surface area contributed by atoms with E-state index in [-0.39, 0.29) is 11.8 Å². The van der Waals surface area contributed by atoms with Crippen molar-refractivity contribution in [2.75, 3.05) is 0 Å². The number of halogens is 1. The van der Waals surface area contributed by atoms with Crippen LogP contribution >= 0.6 is 11.3 Å². The van der Waals surface area contributed by atoms with Gasteiger partial charge in [-0.15, -0.1) is 11.3 Å². The molecule has 1 saturated carbocycles. The molecular formula is C15H21FN2OS. The Bertz CT molecular complexity index is 567. The van der Waals surface area contributed by atoms with Crippen LogP contribution < -0.4 is 4.80 Å². The Morgan fingerprint density at radius 2 is 1.95 bits per heavy atom. The van der Waals surface area contributed by atoms with E-state index < -0.39 is 6.17 Å². The summed E-state index contributed by atoms with van der Waals surface area (Å²) in [6.45, 7) is 0. The van der Waals surface area contributed by atoms with E-state index in [1.54, 1.807) is 11.3 Å². The van der Waals surface area contributed by atoms with Crippen LogP contribution in [-0.2, 0) is 24.7 Å². The van der Waals surface area contributed by atoms with Gasteiger partial charge in [-0.25, -0.2) is 4.39 Å². The Hall–Kier alpha value is -0.970. The van der Waals surface area contributed by atoms with E-state index in [4.69, 9.17) is 0 Å². The van der Waals surface area contributed by atoms with Crippen molar-refractivity contribution in [3.05, 3.63) is 15.4 Å². The van der Waals surface area contributed by atoms with Crippen LogP contribution in [0.15, 0.2) is 4.99 Å². The molecule has 0 radical (unpaired) electrons. The summed E-state index contributed by atoms with van der Waals surface area (Å²) in [6, 6.07) is 0. The molecular weight excluding hydrogens is 275 g/mol. The van der Waals surface area contributed by atoms with Crippen LogP contribution in [0.4, 0.5) is 4.39 Å². The third-order valence-electron chi connectivity index (χ3n) is 4.51. The number of aromatic nitrogens is 1. The maximum Gasteiger partial charge on any atom is 0.251 e. The molecule has 0 saturated heterocycles. The van der Waals surface area contributed by atoms with Crippen LogP contribution in [0, 0.1) is 5.92 Å². The lowest BCUT2D eigenvalue weighted by atomic mass is 9.88. The predicted octanol–water partition coefficient (Wildman–Crippen LogP) is 2.92. The van der Waals surface area contributed by atoms with Crippen molar-refractivity contribution in [1.82, 2.24) is 4.57 Å². The zero-order valence-electron chi connectivity index (χ0n) is 11.9. The molecule has 1 fully saturated rings. The Labute approximate surface area is 122 Å². The number of thiazole rings is 1. The number of carbonyl (C=O) groups is 1. The summed E-state index contributed by atoms with van der Waals surface area (Å²) in [4.78, 5) is 18.8. The van der Waals surface area contributed by atoms with E-state index in [1.807, 2.05) is 7.05 Å². The van der Waals surface area contributed by atoms with Gasteiger partial charge in [0.1, 0.15) is 6.17 Å². The van der Waals surface area contributed by atoms with Gasteiger partial charge < -0.3 is 4.57 Å². The molecule has 110 valence electrons. The normalized spacial score (nSPS) is 27.4. The molecule has 0 unspecified atom stereocenters. The van der Waals surface area contributed by atoms with Crippen LogP contribution in [0.5, 0.6) is 0 Å². The Balaban J connectivity index is 1.81. The van der Waals surface area contributed by atoms with Crippen molar-refractivity contribution < 1.29 is 9.18 Å². The Morgan fingerprint density at radius 3 is 2.65 bits per heavy atom. The van der Waals surface area contributed by atoms with Crippen LogP contribution in [-0.4, -0.2) is 16.6 Å².